The summed E-state index contributed by atoms with van der Waals surface area (Å²) >= 11 is 8.86. The molecule has 2 rings (SSSR count). The van der Waals surface area contributed by atoms with E-state index in [0.29, 0.717) is 21.4 Å². The summed E-state index contributed by atoms with van der Waals surface area (Å²) < 4.78 is 19.2. The van der Waals surface area contributed by atoms with Gasteiger partial charge in [0.1, 0.15) is 5.82 Å². The first-order chi connectivity index (χ1) is 7.22. The lowest BCUT2D eigenvalue weighted by Crippen LogP contribution is -1.85. The summed E-state index contributed by atoms with van der Waals surface area (Å²) in [5.74, 6) is 0.261. The van der Waals surface area contributed by atoms with Crippen LogP contribution in [-0.4, -0.2) is 5.16 Å². The fourth-order valence-electron chi connectivity index (χ4n) is 1.25. The predicted molar refractivity (Wildman–Crippen MR) is 59.2 cm³/mol. The molecule has 15 heavy (non-hydrogen) atoms. The van der Waals surface area contributed by atoms with E-state index in [9.17, 15) is 4.39 Å². The van der Waals surface area contributed by atoms with Gasteiger partial charge in [-0.05, 0) is 18.2 Å². The third-order valence-corrected chi connectivity index (χ3v) is 2.75. The Morgan fingerprint density at radius 3 is 2.93 bits per heavy atom. The van der Waals surface area contributed by atoms with Gasteiger partial charge in [0.2, 0.25) is 0 Å². The van der Waals surface area contributed by atoms with Crippen LogP contribution in [0, 0.1) is 5.82 Å². The van der Waals surface area contributed by atoms with Gasteiger partial charge in [0, 0.05) is 10.0 Å². The molecule has 0 atom stereocenters. The lowest BCUT2D eigenvalue weighted by molar-refractivity contribution is 0.429. The maximum absolute atomic E-state index is 13.6. The Morgan fingerprint density at radius 2 is 2.27 bits per heavy atom. The molecule has 0 bridgehead atoms. The second kappa shape index (κ2) is 4.33. The van der Waals surface area contributed by atoms with Crippen LogP contribution >= 0.6 is 27.5 Å². The average Bonchev–Trinajstić information content (AvgIpc) is 2.65. The molecule has 0 amide bonds. The van der Waals surface area contributed by atoms with Crippen molar-refractivity contribution >= 4 is 27.5 Å². The highest BCUT2D eigenvalue weighted by Gasteiger charge is 2.14. The van der Waals surface area contributed by atoms with Crippen LogP contribution in [0.3, 0.4) is 0 Å². The van der Waals surface area contributed by atoms with E-state index in [0.717, 1.165) is 0 Å². The van der Waals surface area contributed by atoms with Crippen LogP contribution in [0.4, 0.5) is 4.39 Å². The number of rotatable bonds is 2. The fourth-order valence-corrected chi connectivity index (χ4v) is 1.77. The first kappa shape index (κ1) is 10.6. The van der Waals surface area contributed by atoms with Crippen molar-refractivity contribution in [1.82, 2.24) is 5.16 Å². The molecule has 2 nitrogen and oxygen atoms in total. The Morgan fingerprint density at radius 1 is 1.47 bits per heavy atom. The number of aromatic nitrogens is 1. The molecule has 2 aromatic rings. The minimum atomic E-state index is -0.368. The first-order valence-corrected chi connectivity index (χ1v) is 5.50. The van der Waals surface area contributed by atoms with Crippen molar-refractivity contribution in [3.05, 3.63) is 40.2 Å². The van der Waals surface area contributed by atoms with Gasteiger partial charge < -0.3 is 4.52 Å². The highest BCUT2D eigenvalue weighted by atomic mass is 79.9. The van der Waals surface area contributed by atoms with Gasteiger partial charge in [-0.3, -0.25) is 0 Å². The minimum Gasteiger partial charge on any atom is -0.356 e. The summed E-state index contributed by atoms with van der Waals surface area (Å²) in [4.78, 5) is 0. The maximum atomic E-state index is 13.6. The molecule has 0 fully saturated rings. The largest absolute Gasteiger partial charge is 0.356 e. The van der Waals surface area contributed by atoms with Crippen molar-refractivity contribution in [2.45, 2.75) is 5.88 Å². The van der Waals surface area contributed by atoms with Gasteiger partial charge in [0.25, 0.3) is 0 Å². The van der Waals surface area contributed by atoms with Crippen molar-refractivity contribution in [1.29, 1.82) is 0 Å². The first-order valence-electron chi connectivity index (χ1n) is 4.17. The molecule has 1 heterocycles. The van der Waals surface area contributed by atoms with Crippen molar-refractivity contribution in [3.8, 4) is 11.3 Å². The highest BCUT2D eigenvalue weighted by molar-refractivity contribution is 9.10. The standard InChI is InChI=1S/C10H6BrClFNO/c11-7-1-2-8(9(13)3-7)10-6(4-12)5-14-15-10/h1-3,5H,4H2. The molecule has 0 radical (unpaired) electrons. The third kappa shape index (κ3) is 2.06. The molecule has 1 aromatic heterocycles. The Hall–Kier alpha value is -0.870. The van der Waals surface area contributed by atoms with Crippen molar-refractivity contribution in [2.75, 3.05) is 0 Å². The van der Waals surface area contributed by atoms with Crippen LogP contribution < -0.4 is 0 Å². The summed E-state index contributed by atoms with van der Waals surface area (Å²) in [7, 11) is 0. The van der Waals surface area contributed by atoms with Gasteiger partial charge in [-0.1, -0.05) is 21.1 Å². The van der Waals surface area contributed by atoms with Gasteiger partial charge in [0.05, 0.1) is 17.6 Å². The molecule has 0 saturated carbocycles. The normalized spacial score (nSPS) is 10.6. The van der Waals surface area contributed by atoms with E-state index >= 15 is 0 Å². The Kier molecular flexibility index (Phi) is 3.07. The number of alkyl halides is 1. The van der Waals surface area contributed by atoms with Gasteiger partial charge in [-0.25, -0.2) is 4.39 Å². The summed E-state index contributed by atoms with van der Waals surface area (Å²) in [6.45, 7) is 0. The van der Waals surface area contributed by atoms with Crippen molar-refractivity contribution in [2.24, 2.45) is 0 Å². The molecule has 1 aromatic carbocycles. The number of benzene rings is 1. The molecule has 0 aliphatic rings. The number of hydrogen-bond acceptors (Lipinski definition) is 2. The number of nitrogens with zero attached hydrogens (tertiary/aromatic N) is 1. The molecule has 0 N–H and O–H groups in total. The van der Waals surface area contributed by atoms with Crippen LogP contribution in [0.15, 0.2) is 33.4 Å². The van der Waals surface area contributed by atoms with E-state index in [1.165, 1.54) is 12.3 Å². The molecular formula is C10H6BrClFNO. The molecule has 0 aliphatic heterocycles. The summed E-state index contributed by atoms with van der Waals surface area (Å²) in [5.41, 5.74) is 1.05. The number of halogens is 3. The van der Waals surface area contributed by atoms with Crippen LogP contribution in [0.5, 0.6) is 0 Å². The Bertz CT molecular complexity index is 486. The molecule has 0 saturated heterocycles. The highest BCUT2D eigenvalue weighted by Crippen LogP contribution is 2.28. The summed E-state index contributed by atoms with van der Waals surface area (Å²) in [6.07, 6.45) is 1.49. The SMILES string of the molecule is Fc1cc(Br)ccc1-c1oncc1CCl. The zero-order chi connectivity index (χ0) is 10.8. The van der Waals surface area contributed by atoms with E-state index in [2.05, 4.69) is 21.1 Å². The monoisotopic (exact) mass is 289 g/mol. The fraction of sp³-hybridized carbons (Fsp3) is 0.100. The van der Waals surface area contributed by atoms with Gasteiger partial charge in [0.15, 0.2) is 5.76 Å². The Labute approximate surface area is 99.2 Å². The smallest absolute Gasteiger partial charge is 0.174 e. The van der Waals surface area contributed by atoms with Crippen LogP contribution in [-0.2, 0) is 5.88 Å². The van der Waals surface area contributed by atoms with E-state index in [-0.39, 0.29) is 11.7 Å². The van der Waals surface area contributed by atoms with E-state index < -0.39 is 0 Å². The lowest BCUT2D eigenvalue weighted by Gasteiger charge is -2.00. The molecule has 0 spiro atoms. The minimum absolute atomic E-state index is 0.244. The van der Waals surface area contributed by atoms with Crippen molar-refractivity contribution < 1.29 is 8.91 Å². The predicted octanol–water partition coefficient (Wildman–Crippen LogP) is 3.98. The molecule has 5 heteroatoms. The van der Waals surface area contributed by atoms with E-state index in [1.807, 2.05) is 0 Å². The molecule has 78 valence electrons. The average molecular weight is 291 g/mol. The zero-order valence-electron chi connectivity index (χ0n) is 7.51. The van der Waals surface area contributed by atoms with Crippen LogP contribution in [0.1, 0.15) is 5.56 Å². The van der Waals surface area contributed by atoms with Gasteiger partial charge in [-0.15, -0.1) is 11.6 Å². The van der Waals surface area contributed by atoms with Crippen LogP contribution in [0.25, 0.3) is 11.3 Å². The summed E-state index contributed by atoms with van der Waals surface area (Å²) in [5, 5.41) is 3.60. The molecule has 0 aliphatic carbocycles. The second-order valence-electron chi connectivity index (χ2n) is 2.94. The second-order valence-corrected chi connectivity index (χ2v) is 4.12. The van der Waals surface area contributed by atoms with Gasteiger partial charge >= 0.3 is 0 Å². The zero-order valence-corrected chi connectivity index (χ0v) is 9.85. The van der Waals surface area contributed by atoms with E-state index in [1.54, 1.807) is 12.1 Å². The number of hydrogen-bond donors (Lipinski definition) is 0. The maximum Gasteiger partial charge on any atom is 0.174 e. The van der Waals surface area contributed by atoms with Crippen LogP contribution in [0.2, 0.25) is 0 Å². The molecular weight excluding hydrogens is 284 g/mol. The Balaban J connectivity index is 2.54. The topological polar surface area (TPSA) is 26.0 Å². The molecule has 0 unspecified atom stereocenters. The summed E-state index contributed by atoms with van der Waals surface area (Å²) in [6, 6.07) is 4.73. The third-order valence-electron chi connectivity index (χ3n) is 1.96. The van der Waals surface area contributed by atoms with Gasteiger partial charge in [-0.2, -0.15) is 0 Å². The van der Waals surface area contributed by atoms with E-state index in [4.69, 9.17) is 16.1 Å². The van der Waals surface area contributed by atoms with Crippen molar-refractivity contribution in [3.63, 3.8) is 0 Å². The lowest BCUT2D eigenvalue weighted by atomic mass is 10.1. The quantitative estimate of drug-likeness (QED) is 0.782.